The van der Waals surface area contributed by atoms with Crippen molar-refractivity contribution in [1.82, 2.24) is 4.90 Å². The smallest absolute Gasteiger partial charge is 0.238 e. The van der Waals surface area contributed by atoms with Gasteiger partial charge in [-0.05, 0) is 34.1 Å². The molecule has 1 aromatic rings. The van der Waals surface area contributed by atoms with Gasteiger partial charge in [-0.15, -0.1) is 0 Å². The van der Waals surface area contributed by atoms with E-state index in [1.54, 1.807) is 11.0 Å². The molecule has 3 N–H and O–H groups in total. The van der Waals surface area contributed by atoms with Crippen LogP contribution in [0.5, 0.6) is 0 Å². The summed E-state index contributed by atoms with van der Waals surface area (Å²) in [5, 5.41) is 20.5. The fourth-order valence-corrected chi connectivity index (χ4v) is 2.68. The van der Waals surface area contributed by atoms with E-state index in [1.165, 1.54) is 0 Å². The third-order valence-electron chi connectivity index (χ3n) is 2.40. The summed E-state index contributed by atoms with van der Waals surface area (Å²) in [4.78, 5) is 13.5. The predicted octanol–water partition coefficient (Wildman–Crippen LogP) is 1.44. The second-order valence-corrected chi connectivity index (χ2v) is 5.67. The van der Waals surface area contributed by atoms with Gasteiger partial charge in [-0.25, -0.2) is 0 Å². The molecule has 1 amide bonds. The van der Waals surface area contributed by atoms with E-state index in [1.807, 2.05) is 12.1 Å². The van der Waals surface area contributed by atoms with Gasteiger partial charge in [0.1, 0.15) is 0 Å². The molecule has 106 valence electrons. The Labute approximate surface area is 128 Å². The standard InChI is InChI=1S/C12H16Br2N2O3/c13-9-1-2-11(10(14)7-9)15-12(19)8-16(3-5-17)4-6-18/h1-2,7,17-18H,3-6,8H2,(H,15,19). The van der Waals surface area contributed by atoms with Crippen LogP contribution in [0, 0.1) is 0 Å². The maximum absolute atomic E-state index is 11.9. The molecule has 0 atom stereocenters. The first kappa shape index (κ1) is 16.6. The first-order chi connectivity index (χ1) is 9.06. The summed E-state index contributed by atoms with van der Waals surface area (Å²) in [6.45, 7) is 0.749. The van der Waals surface area contributed by atoms with Gasteiger partial charge in [0.2, 0.25) is 5.91 Å². The number of nitrogens with one attached hydrogen (secondary N) is 1. The number of amides is 1. The largest absolute Gasteiger partial charge is 0.395 e. The van der Waals surface area contributed by atoms with Gasteiger partial charge in [-0.1, -0.05) is 15.9 Å². The molecule has 0 saturated heterocycles. The number of carbonyl (C=O) groups is 1. The molecule has 7 heteroatoms. The zero-order valence-corrected chi connectivity index (χ0v) is 13.4. The number of aliphatic hydroxyl groups excluding tert-OH is 2. The van der Waals surface area contributed by atoms with E-state index in [0.29, 0.717) is 18.8 Å². The van der Waals surface area contributed by atoms with Crippen molar-refractivity contribution in [3.8, 4) is 0 Å². The van der Waals surface area contributed by atoms with Gasteiger partial charge < -0.3 is 15.5 Å². The minimum absolute atomic E-state index is 0.0464. The van der Waals surface area contributed by atoms with E-state index in [2.05, 4.69) is 37.2 Å². The van der Waals surface area contributed by atoms with Gasteiger partial charge in [0.05, 0.1) is 25.4 Å². The number of anilines is 1. The fraction of sp³-hybridized carbons (Fsp3) is 0.417. The second-order valence-electron chi connectivity index (χ2n) is 3.90. The number of hydrogen-bond acceptors (Lipinski definition) is 4. The zero-order valence-electron chi connectivity index (χ0n) is 10.3. The van der Waals surface area contributed by atoms with Crippen LogP contribution < -0.4 is 5.32 Å². The Morgan fingerprint density at radius 3 is 2.37 bits per heavy atom. The van der Waals surface area contributed by atoms with E-state index in [-0.39, 0.29) is 25.7 Å². The Bertz CT molecular complexity index is 423. The van der Waals surface area contributed by atoms with Crippen LogP contribution >= 0.6 is 31.9 Å². The van der Waals surface area contributed by atoms with Crippen LogP contribution in [0.25, 0.3) is 0 Å². The van der Waals surface area contributed by atoms with Crippen LogP contribution in [-0.2, 0) is 4.79 Å². The lowest BCUT2D eigenvalue weighted by molar-refractivity contribution is -0.117. The lowest BCUT2D eigenvalue weighted by atomic mass is 10.3. The Morgan fingerprint density at radius 2 is 1.84 bits per heavy atom. The highest BCUT2D eigenvalue weighted by molar-refractivity contribution is 9.11. The zero-order chi connectivity index (χ0) is 14.3. The van der Waals surface area contributed by atoms with Crippen molar-refractivity contribution in [1.29, 1.82) is 0 Å². The van der Waals surface area contributed by atoms with E-state index in [9.17, 15) is 4.79 Å². The van der Waals surface area contributed by atoms with Crippen LogP contribution in [0.2, 0.25) is 0 Å². The number of benzene rings is 1. The number of hydrogen-bond donors (Lipinski definition) is 3. The molecular formula is C12H16Br2N2O3. The van der Waals surface area contributed by atoms with Gasteiger partial charge in [0.15, 0.2) is 0 Å². The molecule has 0 spiro atoms. The van der Waals surface area contributed by atoms with E-state index in [0.717, 1.165) is 8.95 Å². The molecule has 0 aliphatic carbocycles. The minimum atomic E-state index is -0.190. The summed E-state index contributed by atoms with van der Waals surface area (Å²) in [7, 11) is 0. The third kappa shape index (κ3) is 6.01. The fourth-order valence-electron chi connectivity index (χ4n) is 1.54. The number of halogens is 2. The van der Waals surface area contributed by atoms with E-state index < -0.39 is 0 Å². The van der Waals surface area contributed by atoms with Crippen LogP contribution in [0.1, 0.15) is 0 Å². The Kier molecular flexibility index (Phi) is 7.55. The highest BCUT2D eigenvalue weighted by Gasteiger charge is 2.11. The quantitative estimate of drug-likeness (QED) is 0.653. The summed E-state index contributed by atoms with van der Waals surface area (Å²) < 4.78 is 1.70. The molecular weight excluding hydrogens is 380 g/mol. The SMILES string of the molecule is O=C(CN(CCO)CCO)Nc1ccc(Br)cc1Br. The molecule has 5 nitrogen and oxygen atoms in total. The summed E-state index contributed by atoms with van der Waals surface area (Å²) in [6, 6.07) is 5.46. The molecule has 0 saturated carbocycles. The molecule has 0 aliphatic heterocycles. The van der Waals surface area contributed by atoms with Crippen molar-refractivity contribution in [3.05, 3.63) is 27.1 Å². The average molecular weight is 396 g/mol. The Balaban J connectivity index is 2.58. The third-order valence-corrected chi connectivity index (χ3v) is 3.55. The van der Waals surface area contributed by atoms with Crippen LogP contribution in [0.15, 0.2) is 27.1 Å². The number of aliphatic hydroxyl groups is 2. The van der Waals surface area contributed by atoms with Crippen molar-refractivity contribution < 1.29 is 15.0 Å². The van der Waals surface area contributed by atoms with Crippen molar-refractivity contribution in [3.63, 3.8) is 0 Å². The molecule has 1 aromatic carbocycles. The van der Waals surface area contributed by atoms with Crippen molar-refractivity contribution in [2.75, 3.05) is 38.2 Å². The molecule has 0 bridgehead atoms. The van der Waals surface area contributed by atoms with Crippen LogP contribution in [-0.4, -0.2) is 53.9 Å². The topological polar surface area (TPSA) is 72.8 Å². The highest BCUT2D eigenvalue weighted by atomic mass is 79.9. The maximum Gasteiger partial charge on any atom is 0.238 e. The molecule has 0 fully saturated rings. The normalized spacial score (nSPS) is 10.8. The minimum Gasteiger partial charge on any atom is -0.395 e. The summed E-state index contributed by atoms with van der Waals surface area (Å²) in [5.74, 6) is -0.190. The molecule has 0 heterocycles. The molecule has 19 heavy (non-hydrogen) atoms. The lowest BCUT2D eigenvalue weighted by Crippen LogP contribution is -2.37. The van der Waals surface area contributed by atoms with Crippen LogP contribution in [0.4, 0.5) is 5.69 Å². The molecule has 0 radical (unpaired) electrons. The van der Waals surface area contributed by atoms with E-state index >= 15 is 0 Å². The van der Waals surface area contributed by atoms with Crippen LogP contribution in [0.3, 0.4) is 0 Å². The van der Waals surface area contributed by atoms with Gasteiger partial charge in [0.25, 0.3) is 0 Å². The monoisotopic (exact) mass is 394 g/mol. The summed E-state index contributed by atoms with van der Waals surface area (Å²) in [6.07, 6.45) is 0. The van der Waals surface area contributed by atoms with Crippen molar-refractivity contribution in [2.45, 2.75) is 0 Å². The van der Waals surface area contributed by atoms with Crippen molar-refractivity contribution in [2.24, 2.45) is 0 Å². The summed E-state index contributed by atoms with van der Waals surface area (Å²) in [5.41, 5.74) is 0.682. The van der Waals surface area contributed by atoms with Gasteiger partial charge in [-0.2, -0.15) is 0 Å². The number of carbonyl (C=O) groups excluding carboxylic acids is 1. The lowest BCUT2D eigenvalue weighted by Gasteiger charge is -2.19. The van der Waals surface area contributed by atoms with Gasteiger partial charge in [-0.3, -0.25) is 9.69 Å². The second kappa shape index (κ2) is 8.65. The molecule has 1 rings (SSSR count). The maximum atomic E-state index is 11.9. The van der Waals surface area contributed by atoms with E-state index in [4.69, 9.17) is 10.2 Å². The molecule has 0 aromatic heterocycles. The Morgan fingerprint density at radius 1 is 1.21 bits per heavy atom. The number of nitrogens with zero attached hydrogens (tertiary/aromatic N) is 1. The predicted molar refractivity (Wildman–Crippen MR) is 81.1 cm³/mol. The highest BCUT2D eigenvalue weighted by Crippen LogP contribution is 2.26. The first-order valence-electron chi connectivity index (χ1n) is 5.75. The summed E-state index contributed by atoms with van der Waals surface area (Å²) >= 11 is 6.70. The molecule has 0 aliphatic rings. The number of rotatable bonds is 7. The van der Waals surface area contributed by atoms with Crippen molar-refractivity contribution >= 4 is 43.5 Å². The average Bonchev–Trinajstić information content (AvgIpc) is 2.33. The van der Waals surface area contributed by atoms with Gasteiger partial charge in [0, 0.05) is 22.0 Å². The Hall–Kier alpha value is -0.470. The van der Waals surface area contributed by atoms with Gasteiger partial charge >= 0.3 is 0 Å². The molecule has 0 unspecified atom stereocenters. The first-order valence-corrected chi connectivity index (χ1v) is 7.34.